The molecular formula is C64H108O6. The van der Waals surface area contributed by atoms with Gasteiger partial charge in [-0.2, -0.15) is 0 Å². The molecule has 6 heteroatoms. The van der Waals surface area contributed by atoms with Crippen molar-refractivity contribution in [2.24, 2.45) is 0 Å². The predicted molar refractivity (Wildman–Crippen MR) is 302 cm³/mol. The maximum atomic E-state index is 12.9. The van der Waals surface area contributed by atoms with Crippen molar-refractivity contribution in [3.63, 3.8) is 0 Å². The van der Waals surface area contributed by atoms with E-state index in [0.717, 1.165) is 109 Å². The van der Waals surface area contributed by atoms with Gasteiger partial charge in [-0.25, -0.2) is 0 Å². The lowest BCUT2D eigenvalue weighted by atomic mass is 10.0. The minimum absolute atomic E-state index is 0.106. The summed E-state index contributed by atoms with van der Waals surface area (Å²) in [5, 5.41) is 0. The van der Waals surface area contributed by atoms with Crippen LogP contribution in [0.2, 0.25) is 0 Å². The molecule has 0 fully saturated rings. The first-order valence-corrected chi connectivity index (χ1v) is 29.2. The van der Waals surface area contributed by atoms with Gasteiger partial charge in [0.05, 0.1) is 0 Å². The highest BCUT2D eigenvalue weighted by atomic mass is 16.6. The normalized spacial score (nSPS) is 12.8. The number of allylic oxidation sites excluding steroid dienone is 16. The SMILES string of the molecule is CC/C=C\C/C=C\C/C=C\C/C=C\C/C=C\CCCCCC(=O)OC[C@@H](COC(=O)CCCC/C=C\C/C=C\C/C=C\CCCCC)OC(=O)CCCCCCCCCCCCCCCCCCCC. The quantitative estimate of drug-likeness (QED) is 0.0262. The van der Waals surface area contributed by atoms with Crippen LogP contribution >= 0.6 is 0 Å². The molecule has 70 heavy (non-hydrogen) atoms. The summed E-state index contributed by atoms with van der Waals surface area (Å²) in [5.74, 6) is -0.967. The van der Waals surface area contributed by atoms with Crippen LogP contribution in [0.3, 0.4) is 0 Å². The topological polar surface area (TPSA) is 78.9 Å². The van der Waals surface area contributed by atoms with Crippen molar-refractivity contribution >= 4 is 17.9 Å². The van der Waals surface area contributed by atoms with Gasteiger partial charge in [0.15, 0.2) is 6.10 Å². The number of rotatable bonds is 52. The Labute approximate surface area is 432 Å². The molecule has 0 spiro atoms. The van der Waals surface area contributed by atoms with Gasteiger partial charge in [-0.15, -0.1) is 0 Å². The van der Waals surface area contributed by atoms with Gasteiger partial charge in [-0.1, -0.05) is 246 Å². The Morgan fingerprint density at radius 2 is 0.557 bits per heavy atom. The van der Waals surface area contributed by atoms with E-state index >= 15 is 0 Å². The average Bonchev–Trinajstić information content (AvgIpc) is 3.36. The van der Waals surface area contributed by atoms with Gasteiger partial charge in [-0.3, -0.25) is 14.4 Å². The number of unbranched alkanes of at least 4 members (excludes halogenated alkanes) is 25. The summed E-state index contributed by atoms with van der Waals surface area (Å²) < 4.78 is 16.8. The van der Waals surface area contributed by atoms with Crippen LogP contribution in [0.5, 0.6) is 0 Å². The summed E-state index contributed by atoms with van der Waals surface area (Å²) >= 11 is 0. The fourth-order valence-corrected chi connectivity index (χ4v) is 7.95. The van der Waals surface area contributed by atoms with E-state index in [9.17, 15) is 14.4 Å². The summed E-state index contributed by atoms with van der Waals surface area (Å²) in [7, 11) is 0. The predicted octanol–water partition coefficient (Wildman–Crippen LogP) is 19.7. The van der Waals surface area contributed by atoms with Gasteiger partial charge < -0.3 is 14.2 Å². The number of hydrogen-bond acceptors (Lipinski definition) is 6. The van der Waals surface area contributed by atoms with Crippen LogP contribution < -0.4 is 0 Å². The molecule has 0 aromatic carbocycles. The van der Waals surface area contributed by atoms with E-state index in [1.165, 1.54) is 122 Å². The number of carbonyl (C=O) groups excluding carboxylic acids is 3. The standard InChI is InChI=1S/C64H108O6/c1-4-7-10-13-16-19-22-25-28-30-32-34-36-39-42-45-48-51-54-57-63(66)69-60-61(59-68-62(65)56-53-50-47-44-41-38-35-27-24-21-18-15-12-9-6-3)70-64(67)58-55-52-49-46-43-40-37-33-31-29-26-23-20-17-14-11-8-5-2/h7,10,16,18-19,21,25,27-28,32,34-35,39,41-42,44,61H,4-6,8-9,11-15,17,20,22-24,26,29-31,33,36-38,40,43,45-60H2,1-3H3/b10-7-,19-16-,21-18-,28-25-,34-32-,35-27-,42-39-,44-41-/t61-/m1/s1. The van der Waals surface area contributed by atoms with Crippen molar-refractivity contribution in [2.75, 3.05) is 13.2 Å². The Bertz CT molecular complexity index is 1400. The van der Waals surface area contributed by atoms with Crippen molar-refractivity contribution in [3.8, 4) is 0 Å². The molecule has 400 valence electrons. The zero-order valence-corrected chi connectivity index (χ0v) is 45.8. The van der Waals surface area contributed by atoms with Gasteiger partial charge in [0.25, 0.3) is 0 Å². The summed E-state index contributed by atoms with van der Waals surface area (Å²) in [6, 6.07) is 0. The molecule has 0 radical (unpaired) electrons. The molecule has 0 aromatic heterocycles. The highest BCUT2D eigenvalue weighted by molar-refractivity contribution is 5.71. The van der Waals surface area contributed by atoms with Crippen LogP contribution in [0, 0.1) is 0 Å². The van der Waals surface area contributed by atoms with E-state index in [0.29, 0.717) is 19.3 Å². The lowest BCUT2D eigenvalue weighted by Crippen LogP contribution is -2.30. The first-order valence-electron chi connectivity index (χ1n) is 29.2. The van der Waals surface area contributed by atoms with E-state index in [4.69, 9.17) is 14.2 Å². The molecule has 0 saturated heterocycles. The van der Waals surface area contributed by atoms with Crippen LogP contribution in [0.1, 0.15) is 271 Å². The lowest BCUT2D eigenvalue weighted by Gasteiger charge is -2.18. The second kappa shape index (κ2) is 57.9. The highest BCUT2D eigenvalue weighted by Crippen LogP contribution is 2.16. The zero-order valence-electron chi connectivity index (χ0n) is 45.8. The average molecular weight is 974 g/mol. The molecule has 0 aliphatic heterocycles. The van der Waals surface area contributed by atoms with E-state index in [2.05, 4.69) is 118 Å². The van der Waals surface area contributed by atoms with Gasteiger partial charge in [0.1, 0.15) is 13.2 Å². The van der Waals surface area contributed by atoms with Crippen molar-refractivity contribution in [3.05, 3.63) is 97.2 Å². The first-order chi connectivity index (χ1) is 34.5. The van der Waals surface area contributed by atoms with Crippen LogP contribution in [0.4, 0.5) is 0 Å². The van der Waals surface area contributed by atoms with Gasteiger partial charge >= 0.3 is 17.9 Å². The third-order valence-electron chi connectivity index (χ3n) is 12.3. The molecule has 0 bridgehead atoms. The molecule has 0 amide bonds. The molecule has 0 saturated carbocycles. The van der Waals surface area contributed by atoms with Crippen LogP contribution in [0.15, 0.2) is 97.2 Å². The van der Waals surface area contributed by atoms with E-state index in [1.54, 1.807) is 0 Å². The highest BCUT2D eigenvalue weighted by Gasteiger charge is 2.19. The van der Waals surface area contributed by atoms with Gasteiger partial charge in [0, 0.05) is 19.3 Å². The smallest absolute Gasteiger partial charge is 0.306 e. The van der Waals surface area contributed by atoms with Gasteiger partial charge in [-0.05, 0) is 103 Å². The molecule has 0 unspecified atom stereocenters. The Balaban J connectivity index is 4.48. The maximum absolute atomic E-state index is 12.9. The van der Waals surface area contributed by atoms with Crippen molar-refractivity contribution in [2.45, 2.75) is 277 Å². The lowest BCUT2D eigenvalue weighted by molar-refractivity contribution is -0.167. The van der Waals surface area contributed by atoms with E-state index in [-0.39, 0.29) is 31.1 Å². The molecule has 0 rings (SSSR count). The number of ether oxygens (including phenoxy) is 3. The summed E-state index contributed by atoms with van der Waals surface area (Å²) in [6.45, 7) is 6.45. The molecule has 0 N–H and O–H groups in total. The van der Waals surface area contributed by atoms with Crippen molar-refractivity contribution in [1.29, 1.82) is 0 Å². The molecule has 0 aromatic rings. The fraction of sp³-hybridized carbons (Fsp3) is 0.703. The Hall–Kier alpha value is -3.67. The summed E-state index contributed by atoms with van der Waals surface area (Å²) in [6.07, 6.45) is 76.9. The Morgan fingerprint density at radius 3 is 0.929 bits per heavy atom. The van der Waals surface area contributed by atoms with Crippen LogP contribution in [-0.4, -0.2) is 37.2 Å². The van der Waals surface area contributed by atoms with Crippen LogP contribution in [-0.2, 0) is 28.6 Å². The molecule has 1 atom stereocenters. The number of esters is 3. The molecule has 0 heterocycles. The number of carbonyl (C=O) groups is 3. The molecule has 6 nitrogen and oxygen atoms in total. The fourth-order valence-electron chi connectivity index (χ4n) is 7.95. The Morgan fingerprint density at radius 1 is 0.300 bits per heavy atom. The number of hydrogen-bond donors (Lipinski definition) is 0. The first kappa shape index (κ1) is 66.3. The summed E-state index contributed by atoms with van der Waals surface area (Å²) in [5.41, 5.74) is 0. The zero-order chi connectivity index (χ0) is 50.7. The van der Waals surface area contributed by atoms with E-state index in [1.807, 2.05) is 0 Å². The van der Waals surface area contributed by atoms with E-state index < -0.39 is 6.10 Å². The minimum atomic E-state index is -0.807. The molecule has 0 aliphatic rings. The second-order valence-electron chi connectivity index (χ2n) is 19.2. The largest absolute Gasteiger partial charge is 0.462 e. The van der Waals surface area contributed by atoms with Crippen LogP contribution in [0.25, 0.3) is 0 Å². The molecule has 0 aliphatic carbocycles. The second-order valence-corrected chi connectivity index (χ2v) is 19.2. The van der Waals surface area contributed by atoms with Crippen molar-refractivity contribution in [1.82, 2.24) is 0 Å². The third-order valence-corrected chi connectivity index (χ3v) is 12.3. The maximum Gasteiger partial charge on any atom is 0.306 e. The third kappa shape index (κ3) is 55.3. The van der Waals surface area contributed by atoms with Gasteiger partial charge in [0.2, 0.25) is 0 Å². The minimum Gasteiger partial charge on any atom is -0.462 e. The summed E-state index contributed by atoms with van der Waals surface area (Å²) in [4.78, 5) is 38.2. The van der Waals surface area contributed by atoms with Crippen molar-refractivity contribution < 1.29 is 28.6 Å². The molecular weight excluding hydrogens is 865 g/mol. The Kier molecular flexibility index (Phi) is 54.9. The monoisotopic (exact) mass is 973 g/mol.